The molecule has 2 rings (SSSR count). The minimum atomic E-state index is 0.509. The van der Waals surface area contributed by atoms with Crippen molar-refractivity contribution in [3.63, 3.8) is 0 Å². The Bertz CT molecular complexity index is 311. The highest BCUT2D eigenvalue weighted by Crippen LogP contribution is 2.18. The maximum Gasteiger partial charge on any atom is 0.119 e. The van der Waals surface area contributed by atoms with Gasteiger partial charge in [0.25, 0.3) is 0 Å². The van der Waals surface area contributed by atoms with Crippen LogP contribution in [0.2, 0.25) is 0 Å². The largest absolute Gasteiger partial charge is 0.492 e. The molecule has 0 bridgehead atoms. The molecule has 1 aromatic rings. The molecule has 3 heteroatoms. The smallest absolute Gasteiger partial charge is 0.119 e. The second-order valence-electron chi connectivity index (χ2n) is 4.70. The second-order valence-corrected chi connectivity index (χ2v) is 4.70. The van der Waals surface area contributed by atoms with E-state index < -0.39 is 0 Å². The van der Waals surface area contributed by atoms with E-state index in [2.05, 4.69) is 17.6 Å². The topological polar surface area (TPSA) is 33.3 Å². The van der Waals surface area contributed by atoms with Crippen molar-refractivity contribution in [3.8, 4) is 5.75 Å². The monoisotopic (exact) mass is 234 g/mol. The first kappa shape index (κ1) is 12.4. The van der Waals surface area contributed by atoms with Crippen molar-refractivity contribution in [1.82, 2.24) is 10.6 Å². The molecule has 0 spiro atoms. The summed E-state index contributed by atoms with van der Waals surface area (Å²) in [6.07, 6.45) is 2.70. The van der Waals surface area contributed by atoms with E-state index in [9.17, 15) is 0 Å². The van der Waals surface area contributed by atoms with E-state index in [1.54, 1.807) is 0 Å². The summed E-state index contributed by atoms with van der Waals surface area (Å²) in [5.74, 6) is 0.943. The lowest BCUT2D eigenvalue weighted by Gasteiger charge is -2.14. The average molecular weight is 234 g/mol. The summed E-state index contributed by atoms with van der Waals surface area (Å²) in [7, 11) is 0. The standard InChI is InChI=1S/C14H22N2O/c1-12(11-16-13-7-8-13)15-9-10-17-14-5-3-2-4-6-14/h2-6,12-13,15-16H,7-11H2,1H3. The predicted octanol–water partition coefficient (Wildman–Crippen LogP) is 1.80. The Morgan fingerprint density at radius 1 is 1.29 bits per heavy atom. The number of hydrogen-bond acceptors (Lipinski definition) is 3. The first-order chi connectivity index (χ1) is 8.34. The van der Waals surface area contributed by atoms with Gasteiger partial charge < -0.3 is 15.4 Å². The molecule has 0 heterocycles. The van der Waals surface area contributed by atoms with E-state index in [1.165, 1.54) is 12.8 Å². The Morgan fingerprint density at radius 2 is 2.06 bits per heavy atom. The SMILES string of the molecule is CC(CNC1CC1)NCCOc1ccccc1. The van der Waals surface area contributed by atoms with Gasteiger partial charge in [-0.3, -0.25) is 0 Å². The molecule has 1 aromatic carbocycles. The van der Waals surface area contributed by atoms with E-state index in [1.807, 2.05) is 30.3 Å². The maximum absolute atomic E-state index is 5.61. The molecule has 94 valence electrons. The van der Waals surface area contributed by atoms with Crippen LogP contribution in [0.4, 0.5) is 0 Å². The van der Waals surface area contributed by atoms with E-state index in [0.717, 1.165) is 31.5 Å². The lowest BCUT2D eigenvalue weighted by Crippen LogP contribution is -2.39. The number of rotatable bonds is 8. The minimum absolute atomic E-state index is 0.509. The van der Waals surface area contributed by atoms with Gasteiger partial charge in [0.05, 0.1) is 0 Å². The molecule has 1 atom stereocenters. The third-order valence-electron chi connectivity index (χ3n) is 2.90. The van der Waals surface area contributed by atoms with Crippen molar-refractivity contribution in [2.75, 3.05) is 19.7 Å². The summed E-state index contributed by atoms with van der Waals surface area (Å²) in [5.41, 5.74) is 0. The van der Waals surface area contributed by atoms with Crippen LogP contribution in [0.25, 0.3) is 0 Å². The number of ether oxygens (including phenoxy) is 1. The number of benzene rings is 1. The van der Waals surface area contributed by atoms with Crippen LogP contribution in [-0.4, -0.2) is 31.8 Å². The molecule has 0 radical (unpaired) electrons. The van der Waals surface area contributed by atoms with Crippen molar-refractivity contribution in [2.45, 2.75) is 31.8 Å². The number of para-hydroxylation sites is 1. The Morgan fingerprint density at radius 3 is 2.76 bits per heavy atom. The van der Waals surface area contributed by atoms with E-state index in [-0.39, 0.29) is 0 Å². The second kappa shape index (κ2) is 6.62. The fourth-order valence-electron chi connectivity index (χ4n) is 1.69. The van der Waals surface area contributed by atoms with Crippen LogP contribution in [0, 0.1) is 0 Å². The molecular weight excluding hydrogens is 212 g/mol. The summed E-state index contributed by atoms with van der Waals surface area (Å²) >= 11 is 0. The predicted molar refractivity (Wildman–Crippen MR) is 70.4 cm³/mol. The zero-order valence-corrected chi connectivity index (χ0v) is 10.5. The van der Waals surface area contributed by atoms with Crippen LogP contribution in [-0.2, 0) is 0 Å². The lowest BCUT2D eigenvalue weighted by molar-refractivity contribution is 0.305. The Kier molecular flexibility index (Phi) is 4.83. The molecule has 1 unspecified atom stereocenters. The molecule has 1 aliphatic rings. The van der Waals surface area contributed by atoms with E-state index >= 15 is 0 Å². The molecule has 17 heavy (non-hydrogen) atoms. The van der Waals surface area contributed by atoms with Crippen LogP contribution in [0.1, 0.15) is 19.8 Å². The Hall–Kier alpha value is -1.06. The van der Waals surface area contributed by atoms with Gasteiger partial charge in [0.2, 0.25) is 0 Å². The lowest BCUT2D eigenvalue weighted by atomic mass is 10.3. The Balaban J connectivity index is 1.50. The highest BCUT2D eigenvalue weighted by molar-refractivity contribution is 5.20. The highest BCUT2D eigenvalue weighted by Gasteiger charge is 2.20. The van der Waals surface area contributed by atoms with Gasteiger partial charge in [-0.15, -0.1) is 0 Å². The molecule has 0 aliphatic heterocycles. The van der Waals surface area contributed by atoms with Crippen molar-refractivity contribution < 1.29 is 4.74 Å². The summed E-state index contributed by atoms with van der Waals surface area (Å²) < 4.78 is 5.61. The maximum atomic E-state index is 5.61. The molecule has 2 N–H and O–H groups in total. The van der Waals surface area contributed by atoms with Crippen LogP contribution in [0.3, 0.4) is 0 Å². The zero-order valence-electron chi connectivity index (χ0n) is 10.5. The van der Waals surface area contributed by atoms with Gasteiger partial charge in [-0.25, -0.2) is 0 Å². The molecule has 0 amide bonds. The summed E-state index contributed by atoms with van der Waals surface area (Å²) in [6, 6.07) is 11.2. The Labute approximate surface area is 104 Å². The molecule has 0 aromatic heterocycles. The number of hydrogen-bond donors (Lipinski definition) is 2. The molecule has 0 saturated heterocycles. The molecule has 1 aliphatic carbocycles. The fourth-order valence-corrected chi connectivity index (χ4v) is 1.69. The number of nitrogens with one attached hydrogen (secondary N) is 2. The van der Waals surface area contributed by atoms with Crippen LogP contribution in [0.15, 0.2) is 30.3 Å². The third-order valence-corrected chi connectivity index (χ3v) is 2.90. The molecule has 1 saturated carbocycles. The first-order valence-electron chi connectivity index (χ1n) is 6.49. The normalized spacial score (nSPS) is 16.8. The third kappa shape index (κ3) is 5.20. The van der Waals surface area contributed by atoms with Crippen LogP contribution < -0.4 is 15.4 Å². The first-order valence-corrected chi connectivity index (χ1v) is 6.49. The van der Waals surface area contributed by atoms with Gasteiger partial charge in [-0.1, -0.05) is 18.2 Å². The van der Waals surface area contributed by atoms with Crippen molar-refractivity contribution in [1.29, 1.82) is 0 Å². The van der Waals surface area contributed by atoms with E-state index in [4.69, 9.17) is 4.74 Å². The van der Waals surface area contributed by atoms with Gasteiger partial charge in [0.15, 0.2) is 0 Å². The van der Waals surface area contributed by atoms with Gasteiger partial charge in [-0.05, 0) is 31.9 Å². The van der Waals surface area contributed by atoms with E-state index in [0.29, 0.717) is 6.04 Å². The van der Waals surface area contributed by atoms with Crippen molar-refractivity contribution >= 4 is 0 Å². The fraction of sp³-hybridized carbons (Fsp3) is 0.571. The average Bonchev–Trinajstić information content (AvgIpc) is 3.17. The quantitative estimate of drug-likeness (QED) is 0.673. The van der Waals surface area contributed by atoms with Crippen LogP contribution >= 0.6 is 0 Å². The van der Waals surface area contributed by atoms with Gasteiger partial charge >= 0.3 is 0 Å². The van der Waals surface area contributed by atoms with Crippen molar-refractivity contribution in [2.24, 2.45) is 0 Å². The molecular formula is C14H22N2O. The van der Waals surface area contributed by atoms with Gasteiger partial charge in [0, 0.05) is 25.2 Å². The minimum Gasteiger partial charge on any atom is -0.492 e. The van der Waals surface area contributed by atoms with Crippen LogP contribution in [0.5, 0.6) is 5.75 Å². The summed E-state index contributed by atoms with van der Waals surface area (Å²) in [5, 5.41) is 6.96. The summed E-state index contributed by atoms with van der Waals surface area (Å²) in [4.78, 5) is 0. The summed E-state index contributed by atoms with van der Waals surface area (Å²) in [6.45, 7) is 4.87. The highest BCUT2D eigenvalue weighted by atomic mass is 16.5. The van der Waals surface area contributed by atoms with Gasteiger partial charge in [-0.2, -0.15) is 0 Å². The molecule has 3 nitrogen and oxygen atoms in total. The molecule has 1 fully saturated rings. The zero-order chi connectivity index (χ0) is 11.9. The van der Waals surface area contributed by atoms with Gasteiger partial charge in [0.1, 0.15) is 12.4 Å². The van der Waals surface area contributed by atoms with Crippen molar-refractivity contribution in [3.05, 3.63) is 30.3 Å².